The molecule has 0 bridgehead atoms. The molecule has 96 valence electrons. The lowest BCUT2D eigenvalue weighted by molar-refractivity contribution is -0.146. The van der Waals surface area contributed by atoms with Crippen molar-refractivity contribution in [3.05, 3.63) is 33.8 Å². The molecule has 5 heteroatoms. The second-order valence-corrected chi connectivity index (χ2v) is 4.87. The molecule has 0 fully saturated rings. The predicted molar refractivity (Wildman–Crippen MR) is 71.6 cm³/mol. The van der Waals surface area contributed by atoms with Crippen molar-refractivity contribution in [2.45, 2.75) is 26.0 Å². The van der Waals surface area contributed by atoms with Crippen molar-refractivity contribution in [2.75, 3.05) is 6.61 Å². The van der Waals surface area contributed by atoms with Gasteiger partial charge < -0.3 is 9.47 Å². The molecule has 1 aliphatic rings. The summed E-state index contributed by atoms with van der Waals surface area (Å²) in [5, 5.41) is 0. The monoisotopic (exact) mass is 311 g/mol. The van der Waals surface area contributed by atoms with Crippen LogP contribution in [0.5, 0.6) is 0 Å². The molecule has 1 aromatic carbocycles. The Morgan fingerprint density at radius 2 is 2.33 bits per heavy atom. The molecule has 2 atom stereocenters. The first-order valence-corrected chi connectivity index (χ1v) is 6.52. The molecule has 0 saturated heterocycles. The first-order chi connectivity index (χ1) is 8.63. The van der Waals surface area contributed by atoms with Gasteiger partial charge in [0, 0.05) is 4.47 Å². The Kier molecular flexibility index (Phi) is 4.01. The fraction of sp³-hybridized carbons (Fsp3) is 0.385. The summed E-state index contributed by atoms with van der Waals surface area (Å²) in [5.41, 5.74) is 2.01. The third-order valence-corrected chi connectivity index (χ3v) is 3.64. The number of ether oxygens (including phenoxy) is 2. The van der Waals surface area contributed by atoms with E-state index >= 15 is 0 Å². The summed E-state index contributed by atoms with van der Waals surface area (Å²) >= 11 is 3.44. The molecule has 0 amide bonds. The van der Waals surface area contributed by atoms with Crippen molar-refractivity contribution >= 4 is 28.3 Å². The largest absolute Gasteiger partial charge is 0.473 e. The van der Waals surface area contributed by atoms with E-state index in [4.69, 9.17) is 9.47 Å². The number of aryl methyl sites for hydroxylation is 1. The van der Waals surface area contributed by atoms with Crippen LogP contribution in [0.1, 0.15) is 24.2 Å². The van der Waals surface area contributed by atoms with Gasteiger partial charge in [-0.3, -0.25) is 0 Å². The third-order valence-electron chi connectivity index (χ3n) is 2.75. The SMILES string of the molecule is CCOC(=O)C1N=COC1c1ccc(Br)c(C)c1. The van der Waals surface area contributed by atoms with Gasteiger partial charge in [-0.05, 0) is 31.0 Å². The van der Waals surface area contributed by atoms with Gasteiger partial charge in [-0.15, -0.1) is 0 Å². The Balaban J connectivity index is 2.22. The topological polar surface area (TPSA) is 47.9 Å². The highest BCUT2D eigenvalue weighted by atomic mass is 79.9. The molecule has 0 aliphatic carbocycles. The van der Waals surface area contributed by atoms with Gasteiger partial charge in [-0.25, -0.2) is 9.79 Å². The lowest BCUT2D eigenvalue weighted by atomic mass is 10.0. The lowest BCUT2D eigenvalue weighted by Gasteiger charge is -2.17. The average Bonchev–Trinajstić information content (AvgIpc) is 2.82. The summed E-state index contributed by atoms with van der Waals surface area (Å²) in [6, 6.07) is 5.23. The number of hydrogen-bond donors (Lipinski definition) is 0. The van der Waals surface area contributed by atoms with Crippen LogP contribution in [-0.4, -0.2) is 25.0 Å². The summed E-state index contributed by atoms with van der Waals surface area (Å²) in [6.07, 6.45) is 0.930. The first kappa shape index (κ1) is 13.1. The number of carbonyl (C=O) groups excluding carboxylic acids is 1. The second kappa shape index (κ2) is 5.52. The van der Waals surface area contributed by atoms with E-state index in [0.717, 1.165) is 15.6 Å². The molecule has 1 heterocycles. The normalized spacial score (nSPS) is 21.7. The zero-order valence-electron chi connectivity index (χ0n) is 10.2. The molecular formula is C13H14BrNO3. The van der Waals surface area contributed by atoms with Crippen LogP contribution in [0.4, 0.5) is 0 Å². The molecule has 1 aliphatic heterocycles. The Labute approximate surface area is 114 Å². The van der Waals surface area contributed by atoms with Gasteiger partial charge >= 0.3 is 5.97 Å². The Hall–Kier alpha value is -1.36. The minimum Gasteiger partial charge on any atom is -0.473 e. The maximum absolute atomic E-state index is 11.8. The first-order valence-electron chi connectivity index (χ1n) is 5.73. The molecule has 4 nitrogen and oxygen atoms in total. The quantitative estimate of drug-likeness (QED) is 0.806. The van der Waals surface area contributed by atoms with E-state index < -0.39 is 12.1 Å². The zero-order valence-corrected chi connectivity index (χ0v) is 11.8. The molecule has 0 spiro atoms. The summed E-state index contributed by atoms with van der Waals surface area (Å²) < 4.78 is 11.4. The van der Waals surface area contributed by atoms with Crippen LogP contribution < -0.4 is 0 Å². The molecule has 18 heavy (non-hydrogen) atoms. The van der Waals surface area contributed by atoms with Gasteiger partial charge in [0.25, 0.3) is 0 Å². The molecule has 1 aromatic rings. The molecule has 0 saturated carbocycles. The van der Waals surface area contributed by atoms with E-state index in [1.54, 1.807) is 6.92 Å². The predicted octanol–water partition coefficient (Wildman–Crippen LogP) is 2.79. The number of nitrogens with zero attached hydrogens (tertiary/aromatic N) is 1. The number of aliphatic imine (C=N–C) groups is 1. The standard InChI is InChI=1S/C13H14BrNO3/c1-3-17-13(16)11-12(18-7-15-11)9-4-5-10(14)8(2)6-9/h4-7,11-12H,3H2,1-2H3. The van der Waals surface area contributed by atoms with Crippen molar-refractivity contribution in [3.8, 4) is 0 Å². The van der Waals surface area contributed by atoms with E-state index in [1.165, 1.54) is 6.40 Å². The number of rotatable bonds is 3. The number of carbonyl (C=O) groups is 1. The maximum Gasteiger partial charge on any atom is 0.335 e. The van der Waals surface area contributed by atoms with Gasteiger partial charge in [0.05, 0.1) is 6.61 Å². The van der Waals surface area contributed by atoms with Gasteiger partial charge in [0.2, 0.25) is 0 Å². The van der Waals surface area contributed by atoms with Crippen molar-refractivity contribution in [2.24, 2.45) is 4.99 Å². The maximum atomic E-state index is 11.8. The number of esters is 1. The van der Waals surface area contributed by atoms with Crippen LogP contribution in [0.3, 0.4) is 0 Å². The highest BCUT2D eigenvalue weighted by molar-refractivity contribution is 9.10. The van der Waals surface area contributed by atoms with Crippen molar-refractivity contribution in [3.63, 3.8) is 0 Å². The number of benzene rings is 1. The second-order valence-electron chi connectivity index (χ2n) is 4.02. The van der Waals surface area contributed by atoms with Crippen LogP contribution in [0.2, 0.25) is 0 Å². The smallest absolute Gasteiger partial charge is 0.335 e. The van der Waals surface area contributed by atoms with Crippen LogP contribution in [-0.2, 0) is 14.3 Å². The van der Waals surface area contributed by atoms with E-state index in [1.807, 2.05) is 25.1 Å². The van der Waals surface area contributed by atoms with E-state index in [2.05, 4.69) is 20.9 Å². The molecule has 0 N–H and O–H groups in total. The minimum absolute atomic E-state index is 0.344. The summed E-state index contributed by atoms with van der Waals surface area (Å²) in [7, 11) is 0. The molecule has 0 radical (unpaired) electrons. The highest BCUT2D eigenvalue weighted by Gasteiger charge is 2.35. The highest BCUT2D eigenvalue weighted by Crippen LogP contribution is 2.30. The molecule has 0 aromatic heterocycles. The fourth-order valence-corrected chi connectivity index (χ4v) is 2.08. The van der Waals surface area contributed by atoms with Crippen molar-refractivity contribution in [1.29, 1.82) is 0 Å². The molecular weight excluding hydrogens is 298 g/mol. The van der Waals surface area contributed by atoms with Crippen molar-refractivity contribution < 1.29 is 14.3 Å². The Morgan fingerprint density at radius 1 is 1.56 bits per heavy atom. The Bertz CT molecular complexity index is 487. The molecule has 2 unspecified atom stereocenters. The van der Waals surface area contributed by atoms with Gasteiger partial charge in [-0.1, -0.05) is 28.1 Å². The number of hydrogen-bond acceptors (Lipinski definition) is 4. The summed E-state index contributed by atoms with van der Waals surface area (Å²) in [6.45, 7) is 4.11. The van der Waals surface area contributed by atoms with Gasteiger partial charge in [-0.2, -0.15) is 0 Å². The fourth-order valence-electron chi connectivity index (χ4n) is 1.84. The van der Waals surface area contributed by atoms with Crippen LogP contribution >= 0.6 is 15.9 Å². The summed E-state index contributed by atoms with van der Waals surface area (Å²) in [5.74, 6) is -0.350. The van der Waals surface area contributed by atoms with Gasteiger partial charge in [0.15, 0.2) is 18.5 Å². The lowest BCUT2D eigenvalue weighted by Crippen LogP contribution is -2.26. The summed E-state index contributed by atoms with van der Waals surface area (Å²) in [4.78, 5) is 15.8. The van der Waals surface area contributed by atoms with Gasteiger partial charge in [0.1, 0.15) is 0 Å². The van der Waals surface area contributed by atoms with Crippen molar-refractivity contribution in [1.82, 2.24) is 0 Å². The third kappa shape index (κ3) is 2.56. The van der Waals surface area contributed by atoms with E-state index in [0.29, 0.717) is 6.61 Å². The number of halogens is 1. The van der Waals surface area contributed by atoms with Crippen LogP contribution in [0.15, 0.2) is 27.7 Å². The van der Waals surface area contributed by atoms with Crippen LogP contribution in [0, 0.1) is 6.92 Å². The van der Waals surface area contributed by atoms with E-state index in [-0.39, 0.29) is 5.97 Å². The zero-order chi connectivity index (χ0) is 13.1. The Morgan fingerprint density at radius 3 is 3.00 bits per heavy atom. The molecule has 2 rings (SSSR count). The van der Waals surface area contributed by atoms with Crippen LogP contribution in [0.25, 0.3) is 0 Å². The van der Waals surface area contributed by atoms with E-state index in [9.17, 15) is 4.79 Å². The average molecular weight is 312 g/mol. The minimum atomic E-state index is -0.606.